The Balaban J connectivity index is 1.95. The summed E-state index contributed by atoms with van der Waals surface area (Å²) in [5.74, 6) is -2.49. The normalized spacial score (nSPS) is 19.0. The number of amides is 1. The molecule has 3 aromatic rings. The number of hydrogen-bond donors (Lipinski definition) is 1. The molecule has 0 spiro atoms. The van der Waals surface area contributed by atoms with Crippen molar-refractivity contribution in [2.45, 2.75) is 35.6 Å². The third kappa shape index (κ3) is 5.05. The molecular weight excluding hydrogens is 496 g/mol. The zero-order valence-corrected chi connectivity index (χ0v) is 20.9. The average molecular weight is 521 g/mol. The highest BCUT2D eigenvalue weighted by atomic mass is 32.2. The summed E-state index contributed by atoms with van der Waals surface area (Å²) in [7, 11) is 1.18. The van der Waals surface area contributed by atoms with Gasteiger partial charge in [0.25, 0.3) is 5.69 Å². The first-order valence-electron chi connectivity index (χ1n) is 11.4. The molecule has 1 N–H and O–H groups in total. The molecule has 0 aliphatic carbocycles. The fourth-order valence-electron chi connectivity index (χ4n) is 4.53. The molecule has 1 fully saturated rings. The number of hydrogen-bond acceptors (Lipinski definition) is 7. The second-order valence-electron chi connectivity index (χ2n) is 8.72. The van der Waals surface area contributed by atoms with Gasteiger partial charge in [-0.05, 0) is 36.8 Å². The molecular formula is C27H24N2O7S. The van der Waals surface area contributed by atoms with Gasteiger partial charge in [-0.25, -0.2) is 4.79 Å². The van der Waals surface area contributed by atoms with E-state index in [9.17, 15) is 29.6 Å². The van der Waals surface area contributed by atoms with Crippen LogP contribution in [-0.4, -0.2) is 44.6 Å². The highest BCUT2D eigenvalue weighted by Gasteiger charge is 2.60. The summed E-state index contributed by atoms with van der Waals surface area (Å²) in [6.45, 7) is 1.93. The van der Waals surface area contributed by atoms with E-state index in [4.69, 9.17) is 4.74 Å². The molecule has 2 atom stereocenters. The molecule has 9 nitrogen and oxygen atoms in total. The maximum atomic E-state index is 13.5. The van der Waals surface area contributed by atoms with Gasteiger partial charge in [-0.1, -0.05) is 48.0 Å². The number of ether oxygens (including phenoxy) is 1. The lowest BCUT2D eigenvalue weighted by Crippen LogP contribution is -2.42. The minimum Gasteiger partial charge on any atom is -0.480 e. The molecule has 1 aliphatic rings. The van der Waals surface area contributed by atoms with Crippen molar-refractivity contribution in [1.82, 2.24) is 4.90 Å². The van der Waals surface area contributed by atoms with E-state index in [1.807, 2.05) is 25.1 Å². The van der Waals surface area contributed by atoms with E-state index < -0.39 is 40.0 Å². The number of benzene rings is 3. The number of aryl methyl sites for hydroxylation is 1. The Morgan fingerprint density at radius 1 is 1.14 bits per heavy atom. The number of methoxy groups -OCH3 is 1. The Morgan fingerprint density at radius 2 is 1.81 bits per heavy atom. The van der Waals surface area contributed by atoms with E-state index in [1.165, 1.54) is 24.1 Å². The summed E-state index contributed by atoms with van der Waals surface area (Å²) >= 11 is 0.976. The number of nitro benzene ring substituents is 1. The van der Waals surface area contributed by atoms with Gasteiger partial charge in [0.15, 0.2) is 4.75 Å². The summed E-state index contributed by atoms with van der Waals surface area (Å²) in [5, 5.41) is 22.7. The topological polar surface area (TPSA) is 127 Å². The highest BCUT2D eigenvalue weighted by molar-refractivity contribution is 8.01. The number of likely N-dealkylation sites (tertiary alicyclic amines) is 1. The van der Waals surface area contributed by atoms with Gasteiger partial charge in [-0.15, -0.1) is 11.8 Å². The SMILES string of the molecule is COC(=O)c1ccc([N+](=O)[O-])c([C@H]2N(Cc3ccccc3)C(=O)C[C@]2(Sc2ccc(C)cc2)C(=O)O)c1. The van der Waals surface area contributed by atoms with E-state index in [0.717, 1.165) is 29.0 Å². The van der Waals surface area contributed by atoms with Gasteiger partial charge in [0, 0.05) is 17.5 Å². The summed E-state index contributed by atoms with van der Waals surface area (Å²) in [5.41, 5.74) is 1.29. The van der Waals surface area contributed by atoms with E-state index in [1.54, 1.807) is 36.4 Å². The number of nitrogens with zero attached hydrogens (tertiary/aromatic N) is 2. The molecule has 1 saturated heterocycles. The number of carbonyl (C=O) groups excluding carboxylic acids is 2. The number of rotatable bonds is 8. The van der Waals surface area contributed by atoms with Crippen molar-refractivity contribution in [3.05, 3.63) is 105 Å². The van der Waals surface area contributed by atoms with Crippen LogP contribution >= 0.6 is 11.8 Å². The number of carboxylic acid groups (broad SMARTS) is 1. The van der Waals surface area contributed by atoms with Crippen molar-refractivity contribution in [3.8, 4) is 0 Å². The van der Waals surface area contributed by atoms with Crippen LogP contribution in [-0.2, 0) is 20.9 Å². The smallest absolute Gasteiger partial charge is 0.337 e. The maximum absolute atomic E-state index is 13.5. The van der Waals surface area contributed by atoms with E-state index in [0.29, 0.717) is 4.90 Å². The van der Waals surface area contributed by atoms with Gasteiger partial charge < -0.3 is 14.7 Å². The zero-order valence-electron chi connectivity index (χ0n) is 20.1. The lowest BCUT2D eigenvalue weighted by Gasteiger charge is -2.34. The van der Waals surface area contributed by atoms with Crippen LogP contribution in [0.5, 0.6) is 0 Å². The second-order valence-corrected chi connectivity index (χ2v) is 10.1. The Bertz CT molecular complexity index is 1360. The predicted octanol–water partition coefficient (Wildman–Crippen LogP) is 4.78. The van der Waals surface area contributed by atoms with Crippen LogP contribution in [0.2, 0.25) is 0 Å². The van der Waals surface area contributed by atoms with Crippen molar-refractivity contribution >= 4 is 35.3 Å². The van der Waals surface area contributed by atoms with Crippen LogP contribution in [0.3, 0.4) is 0 Å². The van der Waals surface area contributed by atoms with Crippen molar-refractivity contribution in [2.24, 2.45) is 0 Å². The monoisotopic (exact) mass is 520 g/mol. The molecule has 0 bridgehead atoms. The van der Waals surface area contributed by atoms with Gasteiger partial charge in [0.1, 0.15) is 0 Å². The number of esters is 1. The first kappa shape index (κ1) is 25.9. The van der Waals surface area contributed by atoms with Crippen LogP contribution in [0.15, 0.2) is 77.7 Å². The number of carboxylic acids is 1. The van der Waals surface area contributed by atoms with Crippen LogP contribution in [0.25, 0.3) is 0 Å². The predicted molar refractivity (Wildman–Crippen MR) is 136 cm³/mol. The average Bonchev–Trinajstić information content (AvgIpc) is 3.16. The van der Waals surface area contributed by atoms with E-state index in [-0.39, 0.29) is 23.4 Å². The standard InChI is InChI=1S/C27H24N2O7S/c1-17-8-11-20(12-9-17)37-27(26(32)33)15-23(30)28(16-18-6-4-3-5-7-18)24(27)21-14-19(25(31)36-2)10-13-22(21)29(34)35/h3-14,24H,15-16H2,1-2H3,(H,32,33)/t24-,27-/m1/s1. The third-order valence-electron chi connectivity index (χ3n) is 6.31. The summed E-state index contributed by atoms with van der Waals surface area (Å²) in [4.78, 5) is 52.2. The highest BCUT2D eigenvalue weighted by Crippen LogP contribution is 2.54. The van der Waals surface area contributed by atoms with Crippen LogP contribution in [0.4, 0.5) is 5.69 Å². The number of nitro groups is 1. The first-order valence-corrected chi connectivity index (χ1v) is 12.2. The van der Waals surface area contributed by atoms with Crippen LogP contribution in [0, 0.1) is 17.0 Å². The lowest BCUT2D eigenvalue weighted by molar-refractivity contribution is -0.386. The molecule has 4 rings (SSSR count). The van der Waals surface area contributed by atoms with Crippen molar-refractivity contribution in [1.29, 1.82) is 0 Å². The fraction of sp³-hybridized carbons (Fsp3) is 0.222. The third-order valence-corrected chi connectivity index (χ3v) is 7.72. The van der Waals surface area contributed by atoms with Gasteiger partial charge in [-0.3, -0.25) is 19.7 Å². The Hall–Kier alpha value is -4.18. The number of thioether (sulfide) groups is 1. The Labute approximate surface area is 217 Å². The van der Waals surface area contributed by atoms with Crippen molar-refractivity contribution in [3.63, 3.8) is 0 Å². The fourth-order valence-corrected chi connectivity index (χ4v) is 5.87. The van der Waals surface area contributed by atoms with Gasteiger partial charge >= 0.3 is 11.9 Å². The van der Waals surface area contributed by atoms with Gasteiger partial charge in [-0.2, -0.15) is 0 Å². The van der Waals surface area contributed by atoms with Crippen molar-refractivity contribution in [2.75, 3.05) is 7.11 Å². The van der Waals surface area contributed by atoms with Crippen LogP contribution < -0.4 is 0 Å². The molecule has 3 aromatic carbocycles. The Kier molecular flexibility index (Phi) is 7.30. The molecule has 37 heavy (non-hydrogen) atoms. The molecule has 0 aromatic heterocycles. The summed E-state index contributed by atoms with van der Waals surface area (Å²) in [6, 6.07) is 18.5. The largest absolute Gasteiger partial charge is 0.480 e. The molecule has 0 saturated carbocycles. The molecule has 1 heterocycles. The summed E-state index contributed by atoms with van der Waals surface area (Å²) in [6.07, 6.45) is -0.391. The number of aliphatic carboxylic acids is 1. The zero-order chi connectivity index (χ0) is 26.7. The minimum atomic E-state index is -1.80. The minimum absolute atomic E-state index is 0.0155. The summed E-state index contributed by atoms with van der Waals surface area (Å²) < 4.78 is 2.99. The van der Waals surface area contributed by atoms with Crippen LogP contribution in [0.1, 0.15) is 39.5 Å². The molecule has 0 radical (unpaired) electrons. The molecule has 1 amide bonds. The van der Waals surface area contributed by atoms with Gasteiger partial charge in [0.05, 0.1) is 35.6 Å². The van der Waals surface area contributed by atoms with E-state index >= 15 is 0 Å². The second kappa shape index (κ2) is 10.4. The maximum Gasteiger partial charge on any atom is 0.337 e. The lowest BCUT2D eigenvalue weighted by atomic mass is 9.90. The molecule has 0 unspecified atom stereocenters. The molecule has 190 valence electrons. The quantitative estimate of drug-likeness (QED) is 0.255. The van der Waals surface area contributed by atoms with Gasteiger partial charge in [0.2, 0.25) is 5.91 Å². The van der Waals surface area contributed by atoms with Crippen molar-refractivity contribution < 1.29 is 29.2 Å². The first-order chi connectivity index (χ1) is 17.7. The molecule has 10 heteroatoms. The van der Waals surface area contributed by atoms with E-state index in [2.05, 4.69) is 0 Å². The number of carbonyl (C=O) groups is 3. The Morgan fingerprint density at radius 3 is 2.41 bits per heavy atom. The molecule has 1 aliphatic heterocycles.